The molecule has 2 aromatic rings. The molecule has 0 amide bonds. The lowest BCUT2D eigenvalue weighted by Crippen LogP contribution is -2.29. The van der Waals surface area contributed by atoms with E-state index >= 15 is 0 Å². The summed E-state index contributed by atoms with van der Waals surface area (Å²) in [5.74, 6) is 0.711. The zero-order valence-electron chi connectivity index (χ0n) is 19.3. The van der Waals surface area contributed by atoms with Crippen LogP contribution in [0.2, 0.25) is 0 Å². The summed E-state index contributed by atoms with van der Waals surface area (Å²) in [5.41, 5.74) is 1.02. The van der Waals surface area contributed by atoms with Crippen LogP contribution in [0.25, 0.3) is 0 Å². The van der Waals surface area contributed by atoms with Crippen molar-refractivity contribution < 1.29 is 14.9 Å². The van der Waals surface area contributed by atoms with Crippen LogP contribution in [0.3, 0.4) is 0 Å². The molecule has 166 valence electrons. The molecule has 0 unspecified atom stereocenters. The monoisotopic (exact) mass is 412 g/mol. The molecule has 0 heterocycles. The molecule has 0 aliphatic heterocycles. The van der Waals surface area contributed by atoms with E-state index < -0.39 is 11.2 Å². The number of aliphatic hydroxyl groups is 2. The molecular weight excluding hydrogens is 372 g/mol. The second-order valence-corrected chi connectivity index (χ2v) is 8.58. The molecule has 0 aliphatic carbocycles. The molecule has 0 saturated carbocycles. The fourth-order valence-corrected chi connectivity index (χ4v) is 4.44. The number of rotatable bonds is 13. The highest BCUT2D eigenvalue weighted by molar-refractivity contribution is 5.40. The Morgan fingerprint density at radius 1 is 0.667 bits per heavy atom. The Bertz CT molecular complexity index is 702. The van der Waals surface area contributed by atoms with Gasteiger partial charge in [0.15, 0.2) is 0 Å². The summed E-state index contributed by atoms with van der Waals surface area (Å²) in [6.45, 7) is 8.86. The molecular formula is C27H40O3. The highest BCUT2D eigenvalue weighted by Crippen LogP contribution is 2.39. The van der Waals surface area contributed by atoms with Crippen molar-refractivity contribution in [1.82, 2.24) is 0 Å². The van der Waals surface area contributed by atoms with E-state index in [1.807, 2.05) is 48.5 Å². The summed E-state index contributed by atoms with van der Waals surface area (Å²) in [4.78, 5) is 0. The summed E-state index contributed by atoms with van der Waals surface area (Å²) in [6.07, 6.45) is 6.38. The standard InChI is InChI=1S/C27H40O3/c1-5-14-26(28,15-6-2)23-18-24(27(29,16-7-3)17-8-4)20-25(19-23)30-21-22-12-10-9-11-13-22/h9-13,18-20,28-29H,5-8,14-17,21H2,1-4H3. The van der Waals surface area contributed by atoms with Crippen molar-refractivity contribution in [3.63, 3.8) is 0 Å². The lowest BCUT2D eigenvalue weighted by Gasteiger charge is -2.33. The smallest absolute Gasteiger partial charge is 0.120 e. The van der Waals surface area contributed by atoms with Crippen molar-refractivity contribution >= 4 is 0 Å². The van der Waals surface area contributed by atoms with Gasteiger partial charge in [-0.05, 0) is 60.6 Å². The molecule has 0 atom stereocenters. The molecule has 0 aromatic heterocycles. The Morgan fingerprint density at radius 3 is 1.50 bits per heavy atom. The van der Waals surface area contributed by atoms with Crippen molar-refractivity contribution in [3.05, 3.63) is 65.2 Å². The molecule has 3 nitrogen and oxygen atoms in total. The van der Waals surface area contributed by atoms with Crippen LogP contribution in [0, 0.1) is 0 Å². The quantitative estimate of drug-likeness (QED) is 0.378. The lowest BCUT2D eigenvalue weighted by atomic mass is 9.80. The van der Waals surface area contributed by atoms with Crippen LogP contribution in [0.4, 0.5) is 0 Å². The van der Waals surface area contributed by atoms with Crippen molar-refractivity contribution in [3.8, 4) is 5.75 Å². The highest BCUT2D eigenvalue weighted by Gasteiger charge is 2.33. The van der Waals surface area contributed by atoms with Gasteiger partial charge in [-0.25, -0.2) is 0 Å². The van der Waals surface area contributed by atoms with E-state index in [4.69, 9.17) is 4.74 Å². The molecule has 0 radical (unpaired) electrons. The SMILES string of the molecule is CCCC(O)(CCC)c1cc(OCc2ccccc2)cc(C(O)(CCC)CCC)c1. The van der Waals surface area contributed by atoms with Gasteiger partial charge in [-0.3, -0.25) is 0 Å². The number of hydrogen-bond acceptors (Lipinski definition) is 3. The van der Waals surface area contributed by atoms with Gasteiger partial charge >= 0.3 is 0 Å². The maximum absolute atomic E-state index is 11.5. The number of ether oxygens (including phenoxy) is 1. The Balaban J connectivity index is 2.49. The van der Waals surface area contributed by atoms with Crippen molar-refractivity contribution in [2.24, 2.45) is 0 Å². The van der Waals surface area contributed by atoms with Crippen LogP contribution in [-0.2, 0) is 17.8 Å². The Hall–Kier alpha value is -1.84. The first-order chi connectivity index (χ1) is 14.4. The third-order valence-electron chi connectivity index (χ3n) is 5.88. The van der Waals surface area contributed by atoms with Crippen molar-refractivity contribution in [2.45, 2.75) is 96.9 Å². The van der Waals surface area contributed by atoms with Gasteiger partial charge < -0.3 is 14.9 Å². The van der Waals surface area contributed by atoms with Crippen LogP contribution < -0.4 is 4.74 Å². The minimum Gasteiger partial charge on any atom is -0.489 e. The van der Waals surface area contributed by atoms with E-state index in [-0.39, 0.29) is 0 Å². The van der Waals surface area contributed by atoms with Gasteiger partial charge in [-0.2, -0.15) is 0 Å². The molecule has 30 heavy (non-hydrogen) atoms. The van der Waals surface area contributed by atoms with Crippen LogP contribution in [-0.4, -0.2) is 10.2 Å². The predicted octanol–water partition coefficient (Wildman–Crippen LogP) is 6.84. The fraction of sp³-hybridized carbons (Fsp3) is 0.556. The second-order valence-electron chi connectivity index (χ2n) is 8.58. The van der Waals surface area contributed by atoms with E-state index in [0.717, 1.165) is 42.4 Å². The van der Waals surface area contributed by atoms with Gasteiger partial charge in [0.05, 0.1) is 11.2 Å². The summed E-state index contributed by atoms with van der Waals surface area (Å²) >= 11 is 0. The Morgan fingerprint density at radius 2 is 1.10 bits per heavy atom. The minimum atomic E-state index is -0.899. The highest BCUT2D eigenvalue weighted by atomic mass is 16.5. The molecule has 3 heteroatoms. The average Bonchev–Trinajstić information content (AvgIpc) is 2.73. The van der Waals surface area contributed by atoms with Gasteiger partial charge in [0.2, 0.25) is 0 Å². The largest absolute Gasteiger partial charge is 0.489 e. The zero-order valence-corrected chi connectivity index (χ0v) is 19.3. The van der Waals surface area contributed by atoms with Gasteiger partial charge in [0.25, 0.3) is 0 Å². The molecule has 0 bridgehead atoms. The van der Waals surface area contributed by atoms with E-state index in [1.54, 1.807) is 0 Å². The average molecular weight is 413 g/mol. The van der Waals surface area contributed by atoms with E-state index in [9.17, 15) is 10.2 Å². The predicted molar refractivity (Wildman–Crippen MR) is 125 cm³/mol. The van der Waals surface area contributed by atoms with Crippen LogP contribution in [0.15, 0.2) is 48.5 Å². The molecule has 0 spiro atoms. The molecule has 0 saturated heterocycles. The maximum atomic E-state index is 11.5. The summed E-state index contributed by atoms with van der Waals surface area (Å²) in [5, 5.41) is 23.0. The van der Waals surface area contributed by atoms with E-state index in [0.29, 0.717) is 38.0 Å². The van der Waals surface area contributed by atoms with Gasteiger partial charge in [0, 0.05) is 0 Å². The maximum Gasteiger partial charge on any atom is 0.120 e. The summed E-state index contributed by atoms with van der Waals surface area (Å²) in [6, 6.07) is 16.0. The first-order valence-corrected chi connectivity index (χ1v) is 11.7. The summed E-state index contributed by atoms with van der Waals surface area (Å²) < 4.78 is 6.15. The van der Waals surface area contributed by atoms with E-state index in [1.165, 1.54) is 0 Å². The Labute approximate surface area is 183 Å². The molecule has 2 aromatic carbocycles. The van der Waals surface area contributed by atoms with Crippen LogP contribution in [0.5, 0.6) is 5.75 Å². The molecule has 0 fully saturated rings. The first kappa shape index (κ1) is 24.4. The molecule has 2 rings (SSSR count). The van der Waals surface area contributed by atoms with E-state index in [2.05, 4.69) is 27.7 Å². The molecule has 0 aliphatic rings. The third-order valence-corrected chi connectivity index (χ3v) is 5.88. The third kappa shape index (κ3) is 6.33. The van der Waals surface area contributed by atoms with Crippen LogP contribution in [0.1, 0.15) is 95.8 Å². The molecule has 2 N–H and O–H groups in total. The van der Waals surface area contributed by atoms with Crippen molar-refractivity contribution in [1.29, 1.82) is 0 Å². The second kappa shape index (κ2) is 11.5. The Kier molecular flexibility index (Phi) is 9.38. The summed E-state index contributed by atoms with van der Waals surface area (Å²) in [7, 11) is 0. The minimum absolute atomic E-state index is 0.462. The van der Waals surface area contributed by atoms with Gasteiger partial charge in [0.1, 0.15) is 12.4 Å². The lowest BCUT2D eigenvalue weighted by molar-refractivity contribution is 0.0100. The van der Waals surface area contributed by atoms with Crippen molar-refractivity contribution in [2.75, 3.05) is 0 Å². The zero-order chi connectivity index (χ0) is 22.0. The topological polar surface area (TPSA) is 49.7 Å². The first-order valence-electron chi connectivity index (χ1n) is 11.7. The van der Waals surface area contributed by atoms with Gasteiger partial charge in [-0.15, -0.1) is 0 Å². The fourth-order valence-electron chi connectivity index (χ4n) is 4.44. The number of hydrogen-bond donors (Lipinski definition) is 2. The van der Waals surface area contributed by atoms with Crippen LogP contribution >= 0.6 is 0 Å². The number of benzene rings is 2. The van der Waals surface area contributed by atoms with Gasteiger partial charge in [-0.1, -0.05) is 83.7 Å². The normalized spacial score (nSPS) is 12.2.